The molecule has 0 spiro atoms. The van der Waals surface area contributed by atoms with E-state index in [4.69, 9.17) is 4.74 Å². The maximum absolute atomic E-state index is 12.4. The lowest BCUT2D eigenvalue weighted by Crippen LogP contribution is -2.22. The minimum absolute atomic E-state index is 0.0782. The van der Waals surface area contributed by atoms with Gasteiger partial charge in [0.2, 0.25) is 0 Å². The van der Waals surface area contributed by atoms with E-state index < -0.39 is 0 Å². The summed E-state index contributed by atoms with van der Waals surface area (Å²) < 4.78 is 6.38. The van der Waals surface area contributed by atoms with E-state index in [1.54, 1.807) is 18.4 Å². The van der Waals surface area contributed by atoms with Crippen molar-refractivity contribution in [2.75, 3.05) is 25.1 Å². The molecular weight excluding hydrogens is 354 g/mol. The van der Waals surface area contributed by atoms with Crippen LogP contribution in [0.2, 0.25) is 0 Å². The number of ether oxygens (including phenoxy) is 1. The van der Waals surface area contributed by atoms with E-state index in [2.05, 4.69) is 29.0 Å². The largest absolute Gasteiger partial charge is 0.496 e. The number of aromatic nitrogens is 1. The Kier molecular flexibility index (Phi) is 5.55. The van der Waals surface area contributed by atoms with E-state index in [0.717, 1.165) is 39.1 Å². The first-order valence-electron chi connectivity index (χ1n) is 8.21. The Labute approximate surface area is 155 Å². The molecule has 0 unspecified atom stereocenters. The predicted molar refractivity (Wildman–Crippen MR) is 105 cm³/mol. The van der Waals surface area contributed by atoms with Gasteiger partial charge in [-0.2, -0.15) is 0 Å². The van der Waals surface area contributed by atoms with Gasteiger partial charge < -0.3 is 15.0 Å². The van der Waals surface area contributed by atoms with Gasteiger partial charge in [-0.25, -0.2) is 4.98 Å². The van der Waals surface area contributed by atoms with Crippen molar-refractivity contribution in [3.8, 4) is 5.75 Å². The summed E-state index contributed by atoms with van der Waals surface area (Å²) in [6, 6.07) is 9.62. The van der Waals surface area contributed by atoms with Gasteiger partial charge in [0, 0.05) is 25.2 Å². The van der Waals surface area contributed by atoms with E-state index in [9.17, 15) is 4.79 Å². The molecule has 5 nitrogen and oxygen atoms in total. The van der Waals surface area contributed by atoms with Crippen molar-refractivity contribution in [2.24, 2.45) is 0 Å². The first kappa shape index (κ1) is 17.7. The fourth-order valence-corrected chi connectivity index (χ4v) is 4.83. The molecule has 1 aromatic carbocycles. The maximum Gasteiger partial charge on any atom is 0.261 e. The molecule has 0 aliphatic rings. The summed E-state index contributed by atoms with van der Waals surface area (Å²) in [5.41, 5.74) is 0.957. The van der Waals surface area contributed by atoms with Gasteiger partial charge in [0.1, 0.15) is 10.6 Å². The number of para-hydroxylation sites is 1. The van der Waals surface area contributed by atoms with Crippen molar-refractivity contribution >= 4 is 43.2 Å². The fraction of sp³-hybridized carbons (Fsp3) is 0.333. The number of amides is 1. The van der Waals surface area contributed by atoms with Crippen LogP contribution in [0.25, 0.3) is 9.53 Å². The van der Waals surface area contributed by atoms with Crippen LogP contribution in [0.3, 0.4) is 0 Å². The SMILES string of the molecule is CCN(CC)c1nc2sc(C(=O)NCc3ccccc3OC)cc2s1. The molecule has 1 amide bonds. The number of hydrogen-bond donors (Lipinski definition) is 1. The number of benzene rings is 1. The number of fused-ring (bicyclic) bond motifs is 1. The lowest BCUT2D eigenvalue weighted by Gasteiger charge is -2.16. The zero-order valence-electron chi connectivity index (χ0n) is 14.5. The second kappa shape index (κ2) is 7.84. The van der Waals surface area contributed by atoms with Crippen LogP contribution in [0.1, 0.15) is 29.1 Å². The molecule has 3 aromatic rings. The highest BCUT2D eigenvalue weighted by molar-refractivity contribution is 7.29. The van der Waals surface area contributed by atoms with Crippen molar-refractivity contribution in [3.63, 3.8) is 0 Å². The van der Waals surface area contributed by atoms with Gasteiger partial charge in [-0.3, -0.25) is 4.79 Å². The number of carbonyl (C=O) groups is 1. The van der Waals surface area contributed by atoms with Gasteiger partial charge in [0.15, 0.2) is 5.13 Å². The molecule has 0 radical (unpaired) electrons. The predicted octanol–water partition coefficient (Wildman–Crippen LogP) is 4.14. The number of rotatable bonds is 7. The molecule has 0 aliphatic heterocycles. The number of hydrogen-bond acceptors (Lipinski definition) is 6. The summed E-state index contributed by atoms with van der Waals surface area (Å²) in [4.78, 5) is 20.9. The van der Waals surface area contributed by atoms with Crippen LogP contribution in [0.15, 0.2) is 30.3 Å². The van der Waals surface area contributed by atoms with Crippen molar-refractivity contribution in [2.45, 2.75) is 20.4 Å². The molecule has 0 fully saturated rings. The van der Waals surface area contributed by atoms with Gasteiger partial charge in [-0.15, -0.1) is 11.3 Å². The average molecular weight is 376 g/mol. The Morgan fingerprint density at radius 2 is 2.00 bits per heavy atom. The number of thiophene rings is 1. The number of thiazole rings is 1. The Hall–Kier alpha value is -2.12. The highest BCUT2D eigenvalue weighted by Crippen LogP contribution is 2.34. The van der Waals surface area contributed by atoms with Crippen LogP contribution < -0.4 is 15.0 Å². The van der Waals surface area contributed by atoms with Crippen LogP contribution in [-0.2, 0) is 6.54 Å². The van der Waals surface area contributed by atoms with Crippen molar-refractivity contribution in [3.05, 3.63) is 40.8 Å². The van der Waals surface area contributed by atoms with E-state index in [1.165, 1.54) is 11.3 Å². The Morgan fingerprint density at radius 3 is 2.68 bits per heavy atom. The van der Waals surface area contributed by atoms with Crippen LogP contribution >= 0.6 is 22.7 Å². The van der Waals surface area contributed by atoms with E-state index in [0.29, 0.717) is 11.4 Å². The number of anilines is 1. The molecule has 2 heterocycles. The molecule has 25 heavy (non-hydrogen) atoms. The summed E-state index contributed by atoms with van der Waals surface area (Å²) >= 11 is 3.08. The maximum atomic E-state index is 12.4. The van der Waals surface area contributed by atoms with Crippen molar-refractivity contribution in [1.29, 1.82) is 0 Å². The summed E-state index contributed by atoms with van der Waals surface area (Å²) in [6.07, 6.45) is 0. The molecule has 0 bridgehead atoms. The third-order valence-corrected chi connectivity index (χ3v) is 6.19. The molecule has 1 N–H and O–H groups in total. The molecular formula is C18H21N3O2S2. The number of methoxy groups -OCH3 is 1. The normalized spacial score (nSPS) is 10.8. The standard InChI is InChI=1S/C18H21N3O2S2/c1-4-21(5-2)18-20-17-15(25-18)10-14(24-17)16(22)19-11-12-8-6-7-9-13(12)23-3/h6-10H,4-5,11H2,1-3H3,(H,19,22). The lowest BCUT2D eigenvalue weighted by atomic mass is 10.2. The monoisotopic (exact) mass is 375 g/mol. The summed E-state index contributed by atoms with van der Waals surface area (Å²) in [7, 11) is 1.63. The first-order valence-corrected chi connectivity index (χ1v) is 9.85. The minimum atomic E-state index is -0.0782. The summed E-state index contributed by atoms with van der Waals surface area (Å²) in [5, 5.41) is 3.98. The molecule has 3 rings (SSSR count). The topological polar surface area (TPSA) is 54.5 Å². The second-order valence-electron chi connectivity index (χ2n) is 5.44. The average Bonchev–Trinajstić information content (AvgIpc) is 3.20. The van der Waals surface area contributed by atoms with Gasteiger partial charge in [-0.05, 0) is 26.0 Å². The van der Waals surface area contributed by atoms with Crippen LogP contribution in [0.4, 0.5) is 5.13 Å². The van der Waals surface area contributed by atoms with Gasteiger partial charge in [0.25, 0.3) is 5.91 Å². The highest BCUT2D eigenvalue weighted by atomic mass is 32.1. The molecule has 0 saturated heterocycles. The molecule has 7 heteroatoms. The Balaban J connectivity index is 1.71. The smallest absolute Gasteiger partial charge is 0.261 e. The molecule has 132 valence electrons. The van der Waals surface area contributed by atoms with E-state index in [1.807, 2.05) is 30.3 Å². The summed E-state index contributed by atoms with van der Waals surface area (Å²) in [5.74, 6) is 0.700. The molecule has 0 saturated carbocycles. The Morgan fingerprint density at radius 1 is 1.24 bits per heavy atom. The van der Waals surface area contributed by atoms with E-state index in [-0.39, 0.29) is 5.91 Å². The lowest BCUT2D eigenvalue weighted by molar-refractivity contribution is 0.0955. The zero-order valence-corrected chi connectivity index (χ0v) is 16.2. The quantitative estimate of drug-likeness (QED) is 0.674. The first-order chi connectivity index (χ1) is 12.2. The highest BCUT2D eigenvalue weighted by Gasteiger charge is 2.16. The Bertz CT molecular complexity index is 837. The van der Waals surface area contributed by atoms with E-state index >= 15 is 0 Å². The van der Waals surface area contributed by atoms with Gasteiger partial charge >= 0.3 is 0 Å². The molecule has 0 aliphatic carbocycles. The van der Waals surface area contributed by atoms with Crippen molar-refractivity contribution < 1.29 is 9.53 Å². The number of carbonyl (C=O) groups excluding carboxylic acids is 1. The van der Waals surface area contributed by atoms with Crippen molar-refractivity contribution in [1.82, 2.24) is 10.3 Å². The van der Waals surface area contributed by atoms with Crippen LogP contribution in [0, 0.1) is 0 Å². The second-order valence-corrected chi connectivity index (χ2v) is 7.48. The molecule has 2 aromatic heterocycles. The minimum Gasteiger partial charge on any atom is -0.496 e. The third kappa shape index (κ3) is 3.77. The third-order valence-electron chi connectivity index (χ3n) is 3.97. The fourth-order valence-electron chi connectivity index (χ4n) is 2.58. The van der Waals surface area contributed by atoms with Crippen LogP contribution in [-0.4, -0.2) is 31.1 Å². The zero-order chi connectivity index (χ0) is 17.8. The molecule has 0 atom stereocenters. The number of nitrogens with zero attached hydrogens (tertiary/aromatic N) is 2. The van der Waals surface area contributed by atoms with Crippen LogP contribution in [0.5, 0.6) is 5.75 Å². The van der Waals surface area contributed by atoms with Gasteiger partial charge in [-0.1, -0.05) is 29.5 Å². The number of nitrogens with one attached hydrogen (secondary N) is 1. The van der Waals surface area contributed by atoms with Gasteiger partial charge in [0.05, 0.1) is 16.7 Å². The summed E-state index contributed by atoms with van der Waals surface area (Å²) in [6.45, 7) is 6.55.